The second kappa shape index (κ2) is 7.81. The van der Waals surface area contributed by atoms with E-state index in [9.17, 15) is 14.9 Å². The smallest absolute Gasteiger partial charge is 0.271 e. The highest BCUT2D eigenvalue weighted by molar-refractivity contribution is 9.10. The Labute approximate surface area is 150 Å². The maximum atomic E-state index is 12.3. The van der Waals surface area contributed by atoms with E-state index in [-0.39, 0.29) is 22.3 Å². The lowest BCUT2D eigenvalue weighted by atomic mass is 10.2. The normalized spacial score (nSPS) is 11.8. The van der Waals surface area contributed by atoms with E-state index in [1.165, 1.54) is 30.0 Å². The molecular formula is C15H12BrClN2O3S. The molecule has 0 aliphatic heterocycles. The van der Waals surface area contributed by atoms with Gasteiger partial charge in [-0.1, -0.05) is 23.7 Å². The molecule has 0 aliphatic carbocycles. The van der Waals surface area contributed by atoms with Crippen LogP contribution in [0.1, 0.15) is 6.92 Å². The van der Waals surface area contributed by atoms with Crippen LogP contribution in [0.15, 0.2) is 51.8 Å². The molecule has 0 radical (unpaired) electrons. The molecule has 0 heterocycles. The lowest BCUT2D eigenvalue weighted by molar-refractivity contribution is -0.384. The number of benzene rings is 2. The van der Waals surface area contributed by atoms with Gasteiger partial charge in [-0.15, -0.1) is 11.8 Å². The van der Waals surface area contributed by atoms with E-state index in [0.29, 0.717) is 0 Å². The zero-order valence-corrected chi connectivity index (χ0v) is 15.1. The highest BCUT2D eigenvalue weighted by Crippen LogP contribution is 2.32. The maximum Gasteiger partial charge on any atom is 0.271 e. The van der Waals surface area contributed by atoms with Gasteiger partial charge < -0.3 is 5.32 Å². The second-order valence-electron chi connectivity index (χ2n) is 4.60. The second-order valence-corrected chi connectivity index (χ2v) is 7.25. The summed E-state index contributed by atoms with van der Waals surface area (Å²) in [7, 11) is 0. The molecule has 2 rings (SSSR count). The highest BCUT2D eigenvalue weighted by atomic mass is 79.9. The number of amides is 1. The van der Waals surface area contributed by atoms with E-state index < -0.39 is 10.2 Å². The Bertz CT molecular complexity index is 757. The summed E-state index contributed by atoms with van der Waals surface area (Å²) in [6, 6.07) is 11.5. The summed E-state index contributed by atoms with van der Waals surface area (Å²) < 4.78 is 0.901. The van der Waals surface area contributed by atoms with Crippen LogP contribution in [0.25, 0.3) is 0 Å². The van der Waals surface area contributed by atoms with Crippen LogP contribution in [0.2, 0.25) is 5.02 Å². The molecule has 0 aromatic heterocycles. The Balaban J connectivity index is 2.11. The van der Waals surface area contributed by atoms with Gasteiger partial charge in [-0.25, -0.2) is 0 Å². The number of nitro groups is 1. The average molecular weight is 416 g/mol. The van der Waals surface area contributed by atoms with Gasteiger partial charge in [0.15, 0.2) is 0 Å². The Kier molecular flexibility index (Phi) is 6.04. The molecule has 23 heavy (non-hydrogen) atoms. The molecule has 1 unspecified atom stereocenters. The summed E-state index contributed by atoms with van der Waals surface area (Å²) in [5.74, 6) is -0.284. The summed E-state index contributed by atoms with van der Waals surface area (Å²) in [5.41, 5.74) is 0.0984. The van der Waals surface area contributed by atoms with Crippen molar-refractivity contribution in [3.8, 4) is 0 Å². The van der Waals surface area contributed by atoms with E-state index in [2.05, 4.69) is 21.2 Å². The Hall–Kier alpha value is -1.57. The van der Waals surface area contributed by atoms with Gasteiger partial charge >= 0.3 is 0 Å². The lowest BCUT2D eigenvalue weighted by Gasteiger charge is -2.13. The number of thioether (sulfide) groups is 1. The largest absolute Gasteiger partial charge is 0.324 e. The zero-order chi connectivity index (χ0) is 17.0. The van der Waals surface area contributed by atoms with Gasteiger partial charge in [0, 0.05) is 21.5 Å². The molecule has 2 aromatic carbocycles. The number of hydrogen-bond donors (Lipinski definition) is 1. The molecule has 1 N–H and O–H groups in total. The fourth-order valence-corrected chi connectivity index (χ4v) is 3.36. The topological polar surface area (TPSA) is 72.2 Å². The monoisotopic (exact) mass is 414 g/mol. The Morgan fingerprint density at radius 3 is 2.70 bits per heavy atom. The first-order chi connectivity index (χ1) is 10.9. The van der Waals surface area contributed by atoms with Crippen molar-refractivity contribution in [1.82, 2.24) is 0 Å². The highest BCUT2D eigenvalue weighted by Gasteiger charge is 2.18. The molecular weight excluding hydrogens is 404 g/mol. The van der Waals surface area contributed by atoms with Crippen LogP contribution in [0, 0.1) is 10.1 Å². The molecule has 8 heteroatoms. The predicted octanol–water partition coefficient (Wildman–Crippen LogP) is 5.13. The van der Waals surface area contributed by atoms with Gasteiger partial charge in [-0.3, -0.25) is 14.9 Å². The molecule has 0 fully saturated rings. The Morgan fingerprint density at radius 2 is 2.04 bits per heavy atom. The number of nitrogens with zero attached hydrogens (tertiary/aromatic N) is 1. The van der Waals surface area contributed by atoms with Crippen LogP contribution in [0.4, 0.5) is 11.4 Å². The van der Waals surface area contributed by atoms with Gasteiger partial charge in [0.25, 0.3) is 5.69 Å². The number of carbonyl (C=O) groups excluding carboxylic acids is 1. The van der Waals surface area contributed by atoms with Gasteiger partial charge in [-0.05, 0) is 41.1 Å². The van der Waals surface area contributed by atoms with Crippen molar-refractivity contribution in [2.75, 3.05) is 5.32 Å². The standard InChI is InChI=1S/C15H12BrClN2O3S/c1-9(23-14-5-3-2-4-11(14)16)15(20)18-13-8-10(19(21)22)6-7-12(13)17/h2-9H,1H3,(H,18,20). The third kappa shape index (κ3) is 4.70. The van der Waals surface area contributed by atoms with Crippen molar-refractivity contribution in [1.29, 1.82) is 0 Å². The first-order valence-corrected chi connectivity index (χ1v) is 8.59. The molecule has 5 nitrogen and oxygen atoms in total. The van der Waals surface area contributed by atoms with Crippen molar-refractivity contribution < 1.29 is 9.72 Å². The molecule has 1 amide bonds. The van der Waals surface area contributed by atoms with E-state index >= 15 is 0 Å². The molecule has 1 atom stereocenters. The van der Waals surface area contributed by atoms with Crippen LogP contribution in [-0.4, -0.2) is 16.1 Å². The average Bonchev–Trinajstić information content (AvgIpc) is 2.51. The molecule has 120 valence electrons. The SMILES string of the molecule is CC(Sc1ccccc1Br)C(=O)Nc1cc([N+](=O)[O-])ccc1Cl. The van der Waals surface area contributed by atoms with Crippen molar-refractivity contribution in [3.63, 3.8) is 0 Å². The molecule has 0 spiro atoms. The van der Waals surface area contributed by atoms with Gasteiger partial charge in [-0.2, -0.15) is 0 Å². The van der Waals surface area contributed by atoms with Crippen LogP contribution in [0.3, 0.4) is 0 Å². The molecule has 2 aromatic rings. The first kappa shape index (κ1) is 17.8. The van der Waals surface area contributed by atoms with Crippen LogP contribution in [0.5, 0.6) is 0 Å². The van der Waals surface area contributed by atoms with Crippen LogP contribution in [-0.2, 0) is 4.79 Å². The predicted molar refractivity (Wildman–Crippen MR) is 96.2 cm³/mol. The number of hydrogen-bond acceptors (Lipinski definition) is 4. The van der Waals surface area contributed by atoms with Crippen molar-refractivity contribution >= 4 is 56.6 Å². The van der Waals surface area contributed by atoms with Gasteiger partial charge in [0.05, 0.1) is 20.9 Å². The number of carbonyl (C=O) groups is 1. The fraction of sp³-hybridized carbons (Fsp3) is 0.133. The van der Waals surface area contributed by atoms with Crippen LogP contribution >= 0.6 is 39.3 Å². The number of halogens is 2. The van der Waals surface area contributed by atoms with E-state index in [4.69, 9.17) is 11.6 Å². The molecule has 0 saturated carbocycles. The van der Waals surface area contributed by atoms with Crippen molar-refractivity contribution in [2.24, 2.45) is 0 Å². The number of anilines is 1. The minimum atomic E-state index is -0.536. The summed E-state index contributed by atoms with van der Waals surface area (Å²) in [5, 5.41) is 13.3. The number of nitro benzene ring substituents is 1. The summed E-state index contributed by atoms with van der Waals surface area (Å²) in [6.45, 7) is 1.75. The maximum absolute atomic E-state index is 12.3. The van der Waals surface area contributed by atoms with E-state index in [0.717, 1.165) is 9.37 Å². The summed E-state index contributed by atoms with van der Waals surface area (Å²) in [4.78, 5) is 23.5. The summed E-state index contributed by atoms with van der Waals surface area (Å²) in [6.07, 6.45) is 0. The van der Waals surface area contributed by atoms with Crippen molar-refractivity contribution in [2.45, 2.75) is 17.1 Å². The lowest BCUT2D eigenvalue weighted by Crippen LogP contribution is -2.22. The number of non-ortho nitro benzene ring substituents is 1. The third-order valence-electron chi connectivity index (χ3n) is 2.93. The minimum absolute atomic E-state index is 0.129. The van der Waals surface area contributed by atoms with Gasteiger partial charge in [0.1, 0.15) is 0 Å². The fourth-order valence-electron chi connectivity index (χ4n) is 1.74. The first-order valence-electron chi connectivity index (χ1n) is 6.54. The Morgan fingerprint density at radius 1 is 1.35 bits per heavy atom. The molecule has 0 saturated heterocycles. The molecule has 0 bridgehead atoms. The van der Waals surface area contributed by atoms with E-state index in [1.54, 1.807) is 6.92 Å². The molecule has 0 aliphatic rings. The zero-order valence-electron chi connectivity index (χ0n) is 12.0. The van der Waals surface area contributed by atoms with Gasteiger partial charge in [0.2, 0.25) is 5.91 Å². The quantitative estimate of drug-likeness (QED) is 0.417. The van der Waals surface area contributed by atoms with Crippen LogP contribution < -0.4 is 5.32 Å². The number of rotatable bonds is 5. The summed E-state index contributed by atoms with van der Waals surface area (Å²) >= 11 is 10.8. The van der Waals surface area contributed by atoms with E-state index in [1.807, 2.05) is 24.3 Å². The third-order valence-corrected chi connectivity index (χ3v) is 5.39. The minimum Gasteiger partial charge on any atom is -0.324 e. The number of nitrogens with one attached hydrogen (secondary N) is 1. The van der Waals surface area contributed by atoms with Crippen molar-refractivity contribution in [3.05, 3.63) is 62.1 Å².